The Morgan fingerprint density at radius 1 is 1.44 bits per heavy atom. The van der Waals surface area contributed by atoms with E-state index in [1.807, 2.05) is 0 Å². The van der Waals surface area contributed by atoms with Gasteiger partial charge in [-0.15, -0.1) is 10.2 Å². The third-order valence-corrected chi connectivity index (χ3v) is 2.50. The Labute approximate surface area is 97.0 Å². The second-order valence-corrected chi connectivity index (χ2v) is 4.61. The van der Waals surface area contributed by atoms with E-state index in [2.05, 4.69) is 34.1 Å². The molecule has 0 aromatic carbocycles. The molecule has 0 aliphatic rings. The Balaban J connectivity index is 2.58. The van der Waals surface area contributed by atoms with Crippen LogP contribution in [0.3, 0.4) is 0 Å². The van der Waals surface area contributed by atoms with E-state index >= 15 is 0 Å². The summed E-state index contributed by atoms with van der Waals surface area (Å²) in [6, 6.07) is 0. The largest absolute Gasteiger partial charge is 0.462 e. The predicted octanol–water partition coefficient (Wildman–Crippen LogP) is 0.848. The van der Waals surface area contributed by atoms with Gasteiger partial charge in [0.2, 0.25) is 5.13 Å². The van der Waals surface area contributed by atoms with E-state index in [4.69, 9.17) is 0 Å². The molecular weight excluding hydrogens is 230 g/mol. The summed E-state index contributed by atoms with van der Waals surface area (Å²) in [5.41, 5.74) is 0. The van der Waals surface area contributed by atoms with E-state index in [0.717, 1.165) is 18.5 Å². The van der Waals surface area contributed by atoms with Gasteiger partial charge in [-0.2, -0.15) is 0 Å². The van der Waals surface area contributed by atoms with Gasteiger partial charge in [0.1, 0.15) is 5.01 Å². The van der Waals surface area contributed by atoms with Crippen molar-refractivity contribution < 1.29 is 14.3 Å². The van der Waals surface area contributed by atoms with Gasteiger partial charge in [0.05, 0.1) is 7.11 Å². The number of nitrogens with one attached hydrogen (secondary N) is 1. The van der Waals surface area contributed by atoms with Gasteiger partial charge in [0.25, 0.3) is 0 Å². The van der Waals surface area contributed by atoms with Crippen LogP contribution in [0.4, 0.5) is 5.13 Å². The first-order valence-corrected chi connectivity index (χ1v) is 5.56. The van der Waals surface area contributed by atoms with Gasteiger partial charge >= 0.3 is 11.9 Å². The lowest BCUT2D eigenvalue weighted by Gasteiger charge is -1.98. The van der Waals surface area contributed by atoms with Gasteiger partial charge in [-0.3, -0.25) is 10.1 Å². The number of nitrogens with zero attached hydrogens (tertiary/aromatic N) is 2. The van der Waals surface area contributed by atoms with Crippen LogP contribution in [0.1, 0.15) is 18.9 Å². The average Bonchev–Trinajstić information content (AvgIpc) is 2.63. The van der Waals surface area contributed by atoms with Gasteiger partial charge in [0.15, 0.2) is 0 Å². The third-order valence-electron chi connectivity index (χ3n) is 1.64. The average molecular weight is 243 g/mol. The summed E-state index contributed by atoms with van der Waals surface area (Å²) in [7, 11) is 1.15. The third kappa shape index (κ3) is 3.58. The van der Waals surface area contributed by atoms with Gasteiger partial charge in [-0.25, -0.2) is 4.79 Å². The van der Waals surface area contributed by atoms with Crippen molar-refractivity contribution in [2.45, 2.75) is 20.3 Å². The first-order chi connectivity index (χ1) is 7.52. The summed E-state index contributed by atoms with van der Waals surface area (Å²) in [6.45, 7) is 4.13. The predicted molar refractivity (Wildman–Crippen MR) is 59.1 cm³/mol. The van der Waals surface area contributed by atoms with Crippen LogP contribution in [0.5, 0.6) is 0 Å². The minimum Gasteiger partial charge on any atom is -0.462 e. The van der Waals surface area contributed by atoms with E-state index in [0.29, 0.717) is 11.0 Å². The summed E-state index contributed by atoms with van der Waals surface area (Å²) in [5.74, 6) is -1.31. The van der Waals surface area contributed by atoms with Crippen molar-refractivity contribution in [3.8, 4) is 0 Å². The molecule has 0 aliphatic heterocycles. The zero-order valence-electron chi connectivity index (χ0n) is 9.31. The number of anilines is 1. The number of hydrogen-bond acceptors (Lipinski definition) is 6. The van der Waals surface area contributed by atoms with Crippen LogP contribution in [0, 0.1) is 5.92 Å². The topological polar surface area (TPSA) is 81.2 Å². The normalized spacial score (nSPS) is 10.2. The minimum atomic E-state index is -0.944. The Hall–Kier alpha value is -1.50. The molecule has 16 heavy (non-hydrogen) atoms. The molecule has 1 heterocycles. The highest BCUT2D eigenvalue weighted by atomic mass is 32.1. The summed E-state index contributed by atoms with van der Waals surface area (Å²) in [6.07, 6.45) is 0.797. The van der Waals surface area contributed by atoms with Gasteiger partial charge in [-0.1, -0.05) is 25.2 Å². The number of carbonyl (C=O) groups is 2. The highest BCUT2D eigenvalue weighted by Crippen LogP contribution is 2.17. The van der Waals surface area contributed by atoms with Gasteiger partial charge in [0, 0.05) is 6.42 Å². The number of carbonyl (C=O) groups excluding carboxylic acids is 2. The number of amides is 1. The fourth-order valence-electron chi connectivity index (χ4n) is 0.977. The Morgan fingerprint density at radius 3 is 2.69 bits per heavy atom. The highest BCUT2D eigenvalue weighted by Gasteiger charge is 2.16. The van der Waals surface area contributed by atoms with Crippen LogP contribution in [-0.2, 0) is 20.7 Å². The first-order valence-electron chi connectivity index (χ1n) is 4.74. The fraction of sp³-hybridized carbons (Fsp3) is 0.556. The lowest BCUT2D eigenvalue weighted by Crippen LogP contribution is -2.23. The molecule has 0 radical (unpaired) electrons. The number of esters is 1. The van der Waals surface area contributed by atoms with Crippen LogP contribution >= 0.6 is 11.3 Å². The van der Waals surface area contributed by atoms with E-state index < -0.39 is 11.9 Å². The molecule has 6 nitrogen and oxygen atoms in total. The molecule has 0 aliphatic carbocycles. The Bertz CT molecular complexity index is 389. The molecule has 1 aromatic heterocycles. The van der Waals surface area contributed by atoms with Crippen molar-refractivity contribution in [1.29, 1.82) is 0 Å². The fourth-order valence-corrected chi connectivity index (χ4v) is 1.92. The molecule has 0 bridgehead atoms. The molecule has 1 aromatic rings. The maximum Gasteiger partial charge on any atom is 0.396 e. The molecule has 0 saturated carbocycles. The van der Waals surface area contributed by atoms with Crippen molar-refractivity contribution in [2.75, 3.05) is 12.4 Å². The lowest BCUT2D eigenvalue weighted by atomic mass is 10.1. The van der Waals surface area contributed by atoms with Gasteiger partial charge < -0.3 is 4.74 Å². The monoisotopic (exact) mass is 243 g/mol. The van der Waals surface area contributed by atoms with E-state index in [1.54, 1.807) is 0 Å². The smallest absolute Gasteiger partial charge is 0.396 e. The van der Waals surface area contributed by atoms with Crippen molar-refractivity contribution in [3.63, 3.8) is 0 Å². The highest BCUT2D eigenvalue weighted by molar-refractivity contribution is 7.15. The van der Waals surface area contributed by atoms with Crippen LogP contribution in [0.25, 0.3) is 0 Å². The SMILES string of the molecule is COC(=O)C(=O)Nc1nnc(CC(C)C)s1. The number of methoxy groups -OCH3 is 1. The molecule has 88 valence electrons. The van der Waals surface area contributed by atoms with Crippen molar-refractivity contribution in [1.82, 2.24) is 10.2 Å². The number of ether oxygens (including phenoxy) is 1. The summed E-state index contributed by atoms with van der Waals surface area (Å²) < 4.78 is 4.26. The van der Waals surface area contributed by atoms with Crippen LogP contribution in [0.2, 0.25) is 0 Å². The number of rotatable bonds is 3. The molecule has 1 rings (SSSR count). The molecular formula is C9H13N3O3S. The van der Waals surface area contributed by atoms with Gasteiger partial charge in [-0.05, 0) is 5.92 Å². The van der Waals surface area contributed by atoms with Crippen LogP contribution in [0.15, 0.2) is 0 Å². The molecule has 1 N–H and O–H groups in total. The maximum atomic E-state index is 11.1. The molecule has 1 amide bonds. The standard InChI is InChI=1S/C9H13N3O3S/c1-5(2)4-6-11-12-9(16-6)10-7(13)8(14)15-3/h5H,4H2,1-3H3,(H,10,12,13). The second-order valence-electron chi connectivity index (χ2n) is 3.54. The zero-order valence-corrected chi connectivity index (χ0v) is 10.1. The number of hydrogen-bond donors (Lipinski definition) is 1. The summed E-state index contributed by atoms with van der Waals surface area (Å²) >= 11 is 1.26. The van der Waals surface area contributed by atoms with Crippen molar-refractivity contribution in [2.24, 2.45) is 5.92 Å². The first kappa shape index (κ1) is 12.6. The maximum absolute atomic E-state index is 11.1. The summed E-state index contributed by atoms with van der Waals surface area (Å²) in [4.78, 5) is 22.0. The molecule has 0 atom stereocenters. The van der Waals surface area contributed by atoms with Crippen LogP contribution < -0.4 is 5.32 Å². The van der Waals surface area contributed by atoms with E-state index in [9.17, 15) is 9.59 Å². The molecule has 0 saturated heterocycles. The number of aromatic nitrogens is 2. The molecule has 0 unspecified atom stereocenters. The Morgan fingerprint density at radius 2 is 2.12 bits per heavy atom. The van der Waals surface area contributed by atoms with Crippen molar-refractivity contribution in [3.05, 3.63) is 5.01 Å². The minimum absolute atomic E-state index is 0.311. The Kier molecular flexibility index (Phi) is 4.36. The molecule has 0 fully saturated rings. The molecule has 7 heteroatoms. The van der Waals surface area contributed by atoms with Crippen molar-refractivity contribution >= 4 is 28.3 Å². The lowest BCUT2D eigenvalue weighted by molar-refractivity contribution is -0.150. The summed E-state index contributed by atoms with van der Waals surface area (Å²) in [5, 5.41) is 11.1. The van der Waals surface area contributed by atoms with E-state index in [1.165, 1.54) is 11.3 Å². The van der Waals surface area contributed by atoms with Crippen LogP contribution in [-0.4, -0.2) is 29.2 Å². The quantitative estimate of drug-likeness (QED) is 0.628. The zero-order chi connectivity index (χ0) is 12.1. The second kappa shape index (κ2) is 5.55. The molecule has 0 spiro atoms. The van der Waals surface area contributed by atoms with E-state index in [-0.39, 0.29) is 0 Å².